The molecule has 28 heavy (non-hydrogen) atoms. The lowest BCUT2D eigenvalue weighted by molar-refractivity contribution is 0.0997. The molecule has 0 atom stereocenters. The quantitative estimate of drug-likeness (QED) is 0.624. The van der Waals surface area contributed by atoms with Crippen LogP contribution in [0.2, 0.25) is 0 Å². The third-order valence-electron chi connectivity index (χ3n) is 4.78. The summed E-state index contributed by atoms with van der Waals surface area (Å²) in [6, 6.07) is 10.3. The van der Waals surface area contributed by atoms with Crippen LogP contribution in [0, 0.1) is 13.8 Å². The number of aryl methyl sites for hydroxylation is 3. The summed E-state index contributed by atoms with van der Waals surface area (Å²) in [7, 11) is -3.28. The van der Waals surface area contributed by atoms with Crippen LogP contribution in [0.15, 0.2) is 46.3 Å². The molecule has 1 heterocycles. The van der Waals surface area contributed by atoms with Gasteiger partial charge in [0, 0.05) is 12.1 Å². The van der Waals surface area contributed by atoms with Gasteiger partial charge in [0.1, 0.15) is 0 Å². The standard InChI is InChI=1S/C21H24N2O3S2/c1-5-11-23-18-12-14(3)15(4)13-19(18)27-21(23)22-20(24)16-7-9-17(10-8-16)28(25,26)6-2/h7-10,12-13H,5-6,11H2,1-4H3. The lowest BCUT2D eigenvalue weighted by Crippen LogP contribution is -2.17. The molecule has 0 unspecified atom stereocenters. The van der Waals surface area contributed by atoms with Crippen molar-refractivity contribution in [2.24, 2.45) is 4.99 Å². The molecule has 0 aliphatic heterocycles. The molecule has 0 bridgehead atoms. The third kappa shape index (κ3) is 3.95. The second-order valence-corrected chi connectivity index (χ2v) is 10.1. The minimum atomic E-state index is -3.28. The average Bonchev–Trinajstić information content (AvgIpc) is 2.99. The Kier molecular flexibility index (Phi) is 5.86. The first-order chi connectivity index (χ1) is 13.3. The van der Waals surface area contributed by atoms with E-state index in [4.69, 9.17) is 0 Å². The molecule has 1 amide bonds. The number of sulfone groups is 1. The minimum Gasteiger partial charge on any atom is -0.316 e. The van der Waals surface area contributed by atoms with Crippen LogP contribution >= 0.6 is 11.3 Å². The fourth-order valence-electron chi connectivity index (χ4n) is 2.97. The first-order valence-corrected chi connectivity index (χ1v) is 11.8. The van der Waals surface area contributed by atoms with Gasteiger partial charge in [0.05, 0.1) is 20.9 Å². The predicted octanol–water partition coefficient (Wildman–Crippen LogP) is 4.26. The molecule has 0 spiro atoms. The summed E-state index contributed by atoms with van der Waals surface area (Å²) in [6.07, 6.45) is 0.934. The Hall–Kier alpha value is -2.25. The van der Waals surface area contributed by atoms with Gasteiger partial charge in [-0.15, -0.1) is 0 Å². The van der Waals surface area contributed by atoms with Crippen LogP contribution in [-0.2, 0) is 16.4 Å². The SMILES string of the molecule is CCCn1c(=NC(=O)c2ccc(S(=O)(=O)CC)cc2)sc2cc(C)c(C)cc21. The van der Waals surface area contributed by atoms with E-state index < -0.39 is 9.84 Å². The monoisotopic (exact) mass is 416 g/mol. The number of hydrogen-bond donors (Lipinski definition) is 0. The lowest BCUT2D eigenvalue weighted by Gasteiger charge is -2.05. The molecule has 148 valence electrons. The van der Waals surface area contributed by atoms with Crippen molar-refractivity contribution in [3.05, 3.63) is 57.9 Å². The van der Waals surface area contributed by atoms with Crippen LogP contribution in [-0.4, -0.2) is 24.6 Å². The first-order valence-electron chi connectivity index (χ1n) is 9.29. The van der Waals surface area contributed by atoms with Crippen LogP contribution in [0.4, 0.5) is 0 Å². The van der Waals surface area contributed by atoms with E-state index in [0.29, 0.717) is 10.4 Å². The van der Waals surface area contributed by atoms with E-state index in [1.807, 2.05) is 0 Å². The van der Waals surface area contributed by atoms with Crippen molar-refractivity contribution < 1.29 is 13.2 Å². The Morgan fingerprint density at radius 3 is 2.32 bits per heavy atom. The second-order valence-electron chi connectivity index (χ2n) is 6.79. The molecule has 3 rings (SSSR count). The van der Waals surface area contributed by atoms with E-state index in [-0.39, 0.29) is 16.6 Å². The van der Waals surface area contributed by atoms with Crippen molar-refractivity contribution in [3.8, 4) is 0 Å². The highest BCUT2D eigenvalue weighted by Gasteiger charge is 2.14. The number of fused-ring (bicyclic) bond motifs is 1. The molecule has 0 radical (unpaired) electrons. The molecule has 0 aliphatic carbocycles. The Morgan fingerprint density at radius 2 is 1.71 bits per heavy atom. The summed E-state index contributed by atoms with van der Waals surface area (Å²) in [4.78, 5) is 17.9. The highest BCUT2D eigenvalue weighted by atomic mass is 32.2. The van der Waals surface area contributed by atoms with Crippen molar-refractivity contribution in [2.45, 2.75) is 45.6 Å². The summed E-state index contributed by atoms with van der Waals surface area (Å²) >= 11 is 1.50. The number of benzene rings is 2. The molecule has 0 saturated carbocycles. The van der Waals surface area contributed by atoms with Gasteiger partial charge in [0.15, 0.2) is 14.6 Å². The molecule has 0 fully saturated rings. The lowest BCUT2D eigenvalue weighted by atomic mass is 10.1. The fourth-order valence-corrected chi connectivity index (χ4v) is 4.99. The van der Waals surface area contributed by atoms with Crippen molar-refractivity contribution in [1.29, 1.82) is 0 Å². The van der Waals surface area contributed by atoms with Crippen LogP contribution in [0.1, 0.15) is 41.8 Å². The maximum Gasteiger partial charge on any atom is 0.279 e. The normalized spacial score (nSPS) is 12.6. The smallest absolute Gasteiger partial charge is 0.279 e. The average molecular weight is 417 g/mol. The topological polar surface area (TPSA) is 68.5 Å². The molecule has 1 aromatic heterocycles. The van der Waals surface area contributed by atoms with Crippen molar-refractivity contribution in [1.82, 2.24) is 4.57 Å². The summed E-state index contributed by atoms with van der Waals surface area (Å²) in [5, 5.41) is 0. The van der Waals surface area contributed by atoms with Crippen molar-refractivity contribution in [3.63, 3.8) is 0 Å². The summed E-state index contributed by atoms with van der Waals surface area (Å²) < 4.78 is 27.1. The van der Waals surface area contributed by atoms with Gasteiger partial charge < -0.3 is 4.57 Å². The van der Waals surface area contributed by atoms with Gasteiger partial charge in [0.2, 0.25) is 0 Å². The number of rotatable bonds is 5. The van der Waals surface area contributed by atoms with Crippen LogP contribution in [0.3, 0.4) is 0 Å². The van der Waals surface area contributed by atoms with Crippen molar-refractivity contribution in [2.75, 3.05) is 5.75 Å². The summed E-state index contributed by atoms with van der Waals surface area (Å²) in [5.74, 6) is -0.340. The summed E-state index contributed by atoms with van der Waals surface area (Å²) in [5.41, 5.74) is 3.89. The molecule has 0 aliphatic rings. The molecule has 7 heteroatoms. The van der Waals surface area contributed by atoms with Gasteiger partial charge in [-0.05, 0) is 67.8 Å². The van der Waals surface area contributed by atoms with Gasteiger partial charge in [-0.3, -0.25) is 4.79 Å². The minimum absolute atomic E-state index is 0.0301. The number of hydrogen-bond acceptors (Lipinski definition) is 4. The maximum atomic E-state index is 12.7. The van der Waals surface area contributed by atoms with E-state index in [1.165, 1.54) is 46.7 Å². The Balaban J connectivity index is 2.06. The number of aromatic nitrogens is 1. The number of carbonyl (C=O) groups excluding carboxylic acids is 1. The molecular weight excluding hydrogens is 392 g/mol. The fraction of sp³-hybridized carbons (Fsp3) is 0.333. The predicted molar refractivity (Wildman–Crippen MR) is 114 cm³/mol. The van der Waals surface area contributed by atoms with E-state index >= 15 is 0 Å². The second kappa shape index (κ2) is 8.01. The van der Waals surface area contributed by atoms with Crippen LogP contribution < -0.4 is 4.80 Å². The van der Waals surface area contributed by atoms with Gasteiger partial charge in [-0.1, -0.05) is 25.2 Å². The molecule has 5 nitrogen and oxygen atoms in total. The van der Waals surface area contributed by atoms with E-state index in [0.717, 1.165) is 23.2 Å². The van der Waals surface area contributed by atoms with Crippen LogP contribution in [0.5, 0.6) is 0 Å². The number of carbonyl (C=O) groups is 1. The first kappa shape index (κ1) is 20.5. The van der Waals surface area contributed by atoms with E-state index in [2.05, 4.69) is 42.5 Å². The van der Waals surface area contributed by atoms with Gasteiger partial charge in [-0.25, -0.2) is 8.42 Å². The highest BCUT2D eigenvalue weighted by molar-refractivity contribution is 7.91. The molecule has 2 aromatic carbocycles. The van der Waals surface area contributed by atoms with Gasteiger partial charge in [-0.2, -0.15) is 4.99 Å². The Morgan fingerprint density at radius 1 is 1.07 bits per heavy atom. The van der Waals surface area contributed by atoms with Crippen LogP contribution in [0.25, 0.3) is 10.2 Å². The van der Waals surface area contributed by atoms with Crippen molar-refractivity contribution >= 4 is 37.3 Å². The molecule has 3 aromatic rings. The summed E-state index contributed by atoms with van der Waals surface area (Å²) in [6.45, 7) is 8.63. The number of amides is 1. The zero-order chi connectivity index (χ0) is 20.5. The number of nitrogens with zero attached hydrogens (tertiary/aromatic N) is 2. The molecule has 0 saturated heterocycles. The van der Waals surface area contributed by atoms with E-state index in [9.17, 15) is 13.2 Å². The van der Waals surface area contributed by atoms with Gasteiger partial charge >= 0.3 is 0 Å². The Bertz CT molecular complexity index is 1200. The van der Waals surface area contributed by atoms with Gasteiger partial charge in [0.25, 0.3) is 5.91 Å². The largest absolute Gasteiger partial charge is 0.316 e. The number of thiazole rings is 1. The van der Waals surface area contributed by atoms with E-state index in [1.54, 1.807) is 6.92 Å². The Labute approximate surface area is 169 Å². The molecule has 0 N–H and O–H groups in total. The maximum absolute atomic E-state index is 12.7. The zero-order valence-corrected chi connectivity index (χ0v) is 18.2. The molecular formula is C21H24N2O3S2. The third-order valence-corrected chi connectivity index (χ3v) is 7.57. The zero-order valence-electron chi connectivity index (χ0n) is 16.5. The highest BCUT2D eigenvalue weighted by Crippen LogP contribution is 2.22.